The van der Waals surface area contributed by atoms with Crippen LogP contribution in [0, 0.1) is 17.0 Å². The van der Waals surface area contributed by atoms with E-state index in [1.165, 1.54) is 6.07 Å². The number of ether oxygens (including phenoxy) is 1. The summed E-state index contributed by atoms with van der Waals surface area (Å²) in [6.45, 7) is 2.22. The predicted octanol–water partition coefficient (Wildman–Crippen LogP) is 3.70. The number of benzene rings is 2. The van der Waals surface area contributed by atoms with Gasteiger partial charge in [0.15, 0.2) is 0 Å². The second kappa shape index (κ2) is 6.85. The summed E-state index contributed by atoms with van der Waals surface area (Å²) >= 11 is 0. The van der Waals surface area contributed by atoms with E-state index in [0.717, 1.165) is 11.3 Å². The first-order valence-electron chi connectivity index (χ1n) is 6.68. The van der Waals surface area contributed by atoms with Crippen molar-refractivity contribution in [3.8, 4) is 0 Å². The Balaban J connectivity index is 2.30. The van der Waals surface area contributed by atoms with Gasteiger partial charge in [-0.25, -0.2) is 0 Å². The maximum Gasteiger partial charge on any atom is 0.274 e. The lowest BCUT2D eigenvalue weighted by Gasteiger charge is -2.20. The molecule has 1 unspecified atom stereocenters. The summed E-state index contributed by atoms with van der Waals surface area (Å²) in [5.41, 5.74) is 2.56. The average Bonchev–Trinajstić information content (AvgIpc) is 2.49. The summed E-state index contributed by atoms with van der Waals surface area (Å²) < 4.78 is 5.25. The van der Waals surface area contributed by atoms with Crippen LogP contribution in [0.3, 0.4) is 0 Å². The number of rotatable bonds is 6. The van der Waals surface area contributed by atoms with Gasteiger partial charge >= 0.3 is 0 Å². The molecular weight excluding hydrogens is 268 g/mol. The zero-order chi connectivity index (χ0) is 15.2. The van der Waals surface area contributed by atoms with Crippen LogP contribution >= 0.6 is 0 Å². The molecule has 5 heteroatoms. The van der Waals surface area contributed by atoms with Gasteiger partial charge in [-0.2, -0.15) is 0 Å². The van der Waals surface area contributed by atoms with Crippen LogP contribution in [0.15, 0.2) is 48.5 Å². The highest BCUT2D eigenvalue weighted by atomic mass is 16.6. The van der Waals surface area contributed by atoms with Crippen LogP contribution in [-0.2, 0) is 4.74 Å². The van der Waals surface area contributed by atoms with E-state index in [4.69, 9.17) is 4.74 Å². The van der Waals surface area contributed by atoms with Crippen molar-refractivity contribution in [1.29, 1.82) is 0 Å². The quantitative estimate of drug-likeness (QED) is 0.649. The lowest BCUT2D eigenvalue weighted by molar-refractivity contribution is -0.385. The molecule has 0 bridgehead atoms. The minimum atomic E-state index is -0.367. The van der Waals surface area contributed by atoms with E-state index in [0.29, 0.717) is 12.2 Å². The molecule has 2 rings (SSSR count). The van der Waals surface area contributed by atoms with Crippen molar-refractivity contribution in [2.75, 3.05) is 19.0 Å². The van der Waals surface area contributed by atoms with Gasteiger partial charge < -0.3 is 10.1 Å². The number of anilines is 1. The highest BCUT2D eigenvalue weighted by molar-refractivity contribution is 5.60. The molecule has 0 amide bonds. The van der Waals surface area contributed by atoms with Crippen LogP contribution in [0.5, 0.6) is 0 Å². The zero-order valence-electron chi connectivity index (χ0n) is 12.1. The second-order valence-corrected chi connectivity index (χ2v) is 4.77. The molecule has 0 aliphatic heterocycles. The van der Waals surface area contributed by atoms with E-state index in [2.05, 4.69) is 5.32 Å². The molecule has 0 aromatic heterocycles. The minimum absolute atomic E-state index is 0.0584. The lowest BCUT2D eigenvalue weighted by atomic mass is 10.1. The average molecular weight is 286 g/mol. The summed E-state index contributed by atoms with van der Waals surface area (Å²) in [7, 11) is 1.64. The van der Waals surface area contributed by atoms with Gasteiger partial charge in [0, 0.05) is 24.4 Å². The molecule has 0 saturated carbocycles. The Kier molecular flexibility index (Phi) is 4.90. The maximum atomic E-state index is 11.0. The van der Waals surface area contributed by atoms with Crippen molar-refractivity contribution < 1.29 is 9.66 Å². The third-order valence-electron chi connectivity index (χ3n) is 3.37. The topological polar surface area (TPSA) is 64.4 Å². The highest BCUT2D eigenvalue weighted by Crippen LogP contribution is 2.28. The molecule has 5 nitrogen and oxygen atoms in total. The number of nitro groups is 1. The van der Waals surface area contributed by atoms with Gasteiger partial charge in [-0.1, -0.05) is 36.4 Å². The summed E-state index contributed by atoms with van der Waals surface area (Å²) in [5, 5.41) is 14.3. The first kappa shape index (κ1) is 15.0. The molecule has 2 aromatic carbocycles. The summed E-state index contributed by atoms with van der Waals surface area (Å²) in [6, 6.07) is 14.8. The molecule has 0 heterocycles. The Bertz CT molecular complexity index is 614. The number of hydrogen-bond donors (Lipinski definition) is 1. The largest absolute Gasteiger partial charge is 0.382 e. The van der Waals surface area contributed by atoms with Crippen LogP contribution < -0.4 is 5.32 Å². The number of nitrogens with zero attached hydrogens (tertiary/aromatic N) is 1. The van der Waals surface area contributed by atoms with Crippen LogP contribution in [0.1, 0.15) is 17.2 Å². The molecule has 21 heavy (non-hydrogen) atoms. The summed E-state index contributed by atoms with van der Waals surface area (Å²) in [6.07, 6.45) is 0. The van der Waals surface area contributed by atoms with E-state index in [1.807, 2.05) is 36.4 Å². The van der Waals surface area contributed by atoms with Crippen molar-refractivity contribution in [2.24, 2.45) is 0 Å². The monoisotopic (exact) mass is 286 g/mol. The molecule has 0 aliphatic carbocycles. The van der Waals surface area contributed by atoms with Crippen molar-refractivity contribution in [3.05, 3.63) is 69.8 Å². The molecule has 0 radical (unpaired) electrons. The van der Waals surface area contributed by atoms with Crippen LogP contribution in [0.25, 0.3) is 0 Å². The molecule has 2 aromatic rings. The van der Waals surface area contributed by atoms with Crippen LogP contribution in [0.4, 0.5) is 11.4 Å². The highest BCUT2D eigenvalue weighted by Gasteiger charge is 2.17. The molecule has 0 saturated heterocycles. The first-order chi connectivity index (χ1) is 10.1. The SMILES string of the molecule is COCC(Nc1cccc([N+](=O)[O-])c1C)c1ccccc1. The van der Waals surface area contributed by atoms with Crippen molar-refractivity contribution >= 4 is 11.4 Å². The number of nitrogens with one attached hydrogen (secondary N) is 1. The van der Waals surface area contributed by atoms with Crippen LogP contribution in [-0.4, -0.2) is 18.6 Å². The van der Waals surface area contributed by atoms with Crippen molar-refractivity contribution in [1.82, 2.24) is 0 Å². The Morgan fingerprint density at radius 2 is 1.90 bits per heavy atom. The third kappa shape index (κ3) is 3.58. The standard InChI is InChI=1S/C16H18N2O3/c1-12-14(9-6-10-16(12)18(19)20)17-15(11-21-2)13-7-4-3-5-8-13/h3-10,15,17H,11H2,1-2H3. The van der Waals surface area contributed by atoms with E-state index in [1.54, 1.807) is 20.1 Å². The van der Waals surface area contributed by atoms with E-state index in [9.17, 15) is 10.1 Å². The number of nitro benzene ring substituents is 1. The summed E-state index contributed by atoms with van der Waals surface area (Å²) in [5.74, 6) is 0. The summed E-state index contributed by atoms with van der Waals surface area (Å²) in [4.78, 5) is 10.6. The maximum absolute atomic E-state index is 11.0. The fraction of sp³-hybridized carbons (Fsp3) is 0.250. The Hall–Kier alpha value is -2.40. The van der Waals surface area contributed by atoms with Gasteiger partial charge in [0.05, 0.1) is 17.6 Å². The van der Waals surface area contributed by atoms with Gasteiger partial charge in [0.1, 0.15) is 0 Å². The number of hydrogen-bond acceptors (Lipinski definition) is 4. The molecule has 0 spiro atoms. The van der Waals surface area contributed by atoms with E-state index in [-0.39, 0.29) is 16.7 Å². The van der Waals surface area contributed by atoms with Gasteiger partial charge in [0.25, 0.3) is 5.69 Å². The lowest BCUT2D eigenvalue weighted by Crippen LogP contribution is -2.17. The zero-order valence-corrected chi connectivity index (χ0v) is 12.1. The van der Waals surface area contributed by atoms with Crippen molar-refractivity contribution in [2.45, 2.75) is 13.0 Å². The van der Waals surface area contributed by atoms with E-state index < -0.39 is 0 Å². The van der Waals surface area contributed by atoms with E-state index >= 15 is 0 Å². The van der Waals surface area contributed by atoms with Gasteiger partial charge in [-0.3, -0.25) is 10.1 Å². The van der Waals surface area contributed by atoms with Gasteiger partial charge in [-0.15, -0.1) is 0 Å². The molecular formula is C16H18N2O3. The van der Waals surface area contributed by atoms with Crippen molar-refractivity contribution in [3.63, 3.8) is 0 Å². The molecule has 1 atom stereocenters. The molecule has 1 N–H and O–H groups in total. The minimum Gasteiger partial charge on any atom is -0.382 e. The predicted molar refractivity (Wildman–Crippen MR) is 82.5 cm³/mol. The second-order valence-electron chi connectivity index (χ2n) is 4.77. The molecule has 0 fully saturated rings. The Morgan fingerprint density at radius 1 is 1.19 bits per heavy atom. The fourth-order valence-electron chi connectivity index (χ4n) is 2.24. The fourth-order valence-corrected chi connectivity index (χ4v) is 2.24. The first-order valence-corrected chi connectivity index (χ1v) is 6.68. The molecule has 110 valence electrons. The van der Waals surface area contributed by atoms with Crippen LogP contribution in [0.2, 0.25) is 0 Å². The third-order valence-corrected chi connectivity index (χ3v) is 3.37. The smallest absolute Gasteiger partial charge is 0.274 e. The van der Waals surface area contributed by atoms with Gasteiger partial charge in [0.2, 0.25) is 0 Å². The normalized spacial score (nSPS) is 11.9. The number of methoxy groups -OCH3 is 1. The molecule has 0 aliphatic rings. The van der Waals surface area contributed by atoms with Gasteiger partial charge in [-0.05, 0) is 18.6 Å². The Morgan fingerprint density at radius 3 is 2.52 bits per heavy atom. The Labute approximate surface area is 123 Å².